The van der Waals surface area contributed by atoms with Gasteiger partial charge in [0.15, 0.2) is 6.10 Å². The molecular formula is C35H67NO9P+. The molecule has 0 saturated heterocycles. The van der Waals surface area contributed by atoms with Crippen molar-refractivity contribution in [1.29, 1.82) is 0 Å². The lowest BCUT2D eigenvalue weighted by atomic mass is 10.0. The first kappa shape index (κ1) is 44.4. The Morgan fingerprint density at radius 2 is 1.22 bits per heavy atom. The maximum absolute atomic E-state index is 12.5. The van der Waals surface area contributed by atoms with Gasteiger partial charge in [-0.1, -0.05) is 109 Å². The molecule has 0 bridgehead atoms. The Morgan fingerprint density at radius 1 is 0.717 bits per heavy atom. The van der Waals surface area contributed by atoms with E-state index >= 15 is 0 Å². The van der Waals surface area contributed by atoms with Crippen LogP contribution in [0.5, 0.6) is 0 Å². The van der Waals surface area contributed by atoms with Gasteiger partial charge in [-0.2, -0.15) is 0 Å². The number of allylic oxidation sites excluding steroid dienone is 2. The summed E-state index contributed by atoms with van der Waals surface area (Å²) in [4.78, 5) is 45.2. The summed E-state index contributed by atoms with van der Waals surface area (Å²) in [6.07, 6.45) is 24.7. The van der Waals surface area contributed by atoms with Crippen molar-refractivity contribution in [2.45, 2.75) is 148 Å². The normalized spacial score (nSPS) is 13.8. The smallest absolute Gasteiger partial charge is 0.462 e. The van der Waals surface area contributed by atoms with Gasteiger partial charge in [-0.3, -0.25) is 23.4 Å². The van der Waals surface area contributed by atoms with Gasteiger partial charge in [-0.05, 0) is 31.8 Å². The lowest BCUT2D eigenvalue weighted by Gasteiger charge is -2.24. The van der Waals surface area contributed by atoms with E-state index in [-0.39, 0.29) is 26.1 Å². The number of nitrogens with zero attached hydrogens (tertiary/aromatic N) is 1. The molecule has 1 N–H and O–H groups in total. The Labute approximate surface area is 280 Å². The Bertz CT molecular complexity index is 844. The number of phosphoric acid groups is 1. The van der Waals surface area contributed by atoms with Crippen LogP contribution in [-0.2, 0) is 37.5 Å². The number of ether oxygens (including phenoxy) is 2. The zero-order chi connectivity index (χ0) is 34.4. The molecule has 270 valence electrons. The summed E-state index contributed by atoms with van der Waals surface area (Å²) >= 11 is 0. The number of esters is 2. The van der Waals surface area contributed by atoms with Crippen LogP contribution < -0.4 is 0 Å². The van der Waals surface area contributed by atoms with Crippen LogP contribution in [0.2, 0.25) is 0 Å². The van der Waals surface area contributed by atoms with Crippen molar-refractivity contribution in [3.63, 3.8) is 0 Å². The lowest BCUT2D eigenvalue weighted by molar-refractivity contribution is -0.870. The average molecular weight is 677 g/mol. The fraction of sp³-hybridized carbons (Fsp3) is 0.857. The topological polar surface area (TPSA) is 125 Å². The summed E-state index contributed by atoms with van der Waals surface area (Å²) in [6, 6.07) is 0. The average Bonchev–Trinajstić information content (AvgIpc) is 2.99. The van der Waals surface area contributed by atoms with Crippen molar-refractivity contribution >= 4 is 26.0 Å². The van der Waals surface area contributed by atoms with E-state index in [0.717, 1.165) is 57.7 Å². The number of quaternary nitrogens is 1. The molecule has 0 spiro atoms. The first-order valence-corrected chi connectivity index (χ1v) is 19.4. The number of rotatable bonds is 33. The van der Waals surface area contributed by atoms with Crippen LogP contribution in [0.4, 0.5) is 0 Å². The summed E-state index contributed by atoms with van der Waals surface area (Å²) in [5, 5.41) is 0. The van der Waals surface area contributed by atoms with E-state index in [1.807, 2.05) is 27.2 Å². The Hall–Kier alpha value is -1.58. The molecule has 0 aliphatic heterocycles. The van der Waals surface area contributed by atoms with Gasteiger partial charge >= 0.3 is 19.8 Å². The van der Waals surface area contributed by atoms with E-state index in [1.54, 1.807) is 0 Å². The molecule has 0 amide bonds. The molecule has 1 unspecified atom stereocenters. The zero-order valence-electron chi connectivity index (χ0n) is 29.6. The van der Waals surface area contributed by atoms with E-state index in [4.69, 9.17) is 18.5 Å². The molecule has 10 nitrogen and oxygen atoms in total. The van der Waals surface area contributed by atoms with Crippen molar-refractivity contribution in [3.05, 3.63) is 12.2 Å². The summed E-state index contributed by atoms with van der Waals surface area (Å²) in [6.45, 7) is 2.08. The molecule has 0 aliphatic rings. The SMILES string of the molecule is CCCCCCCCCCCCCCCC(=O)OC[C@H](COP(=O)(O)OCC[N+](C)(C)C)OC(=O)CCCCCCC/C=C/C=O. The van der Waals surface area contributed by atoms with E-state index in [9.17, 15) is 23.8 Å². The third-order valence-corrected chi connectivity index (χ3v) is 8.60. The lowest BCUT2D eigenvalue weighted by Crippen LogP contribution is -2.37. The third kappa shape index (κ3) is 32.4. The molecule has 0 aromatic rings. The van der Waals surface area contributed by atoms with Crippen molar-refractivity contribution < 1.29 is 46.8 Å². The fourth-order valence-electron chi connectivity index (χ4n) is 4.76. The second kappa shape index (κ2) is 29.6. The number of unbranched alkanes of at least 4 members (excludes halogenated alkanes) is 17. The predicted octanol–water partition coefficient (Wildman–Crippen LogP) is 8.25. The zero-order valence-corrected chi connectivity index (χ0v) is 30.5. The number of hydrogen-bond donors (Lipinski definition) is 1. The minimum absolute atomic E-state index is 0.0171. The number of aldehydes is 1. The maximum Gasteiger partial charge on any atom is 0.472 e. The van der Waals surface area contributed by atoms with Gasteiger partial charge in [0.2, 0.25) is 0 Å². The van der Waals surface area contributed by atoms with Crippen LogP contribution in [0.1, 0.15) is 142 Å². The molecule has 0 saturated carbocycles. The third-order valence-electron chi connectivity index (χ3n) is 7.62. The minimum atomic E-state index is -4.38. The highest BCUT2D eigenvalue weighted by atomic mass is 31.2. The van der Waals surface area contributed by atoms with Gasteiger partial charge in [-0.15, -0.1) is 0 Å². The molecule has 11 heteroatoms. The summed E-state index contributed by atoms with van der Waals surface area (Å²) in [5.74, 6) is -0.868. The largest absolute Gasteiger partial charge is 0.472 e. The van der Waals surface area contributed by atoms with Crippen molar-refractivity contribution in [3.8, 4) is 0 Å². The second-order valence-electron chi connectivity index (χ2n) is 13.3. The number of carbonyl (C=O) groups excluding carboxylic acids is 3. The predicted molar refractivity (Wildman–Crippen MR) is 183 cm³/mol. The van der Waals surface area contributed by atoms with E-state index in [0.29, 0.717) is 17.4 Å². The van der Waals surface area contributed by atoms with Crippen LogP contribution in [0.15, 0.2) is 12.2 Å². The summed E-state index contributed by atoms with van der Waals surface area (Å²) in [5.41, 5.74) is 0. The van der Waals surface area contributed by atoms with Gasteiger partial charge < -0.3 is 18.9 Å². The monoisotopic (exact) mass is 676 g/mol. The Balaban J connectivity index is 4.42. The van der Waals surface area contributed by atoms with Crippen LogP contribution in [0, 0.1) is 0 Å². The molecular weight excluding hydrogens is 609 g/mol. The molecule has 2 atom stereocenters. The van der Waals surface area contributed by atoms with Crippen molar-refractivity contribution in [2.75, 3.05) is 47.5 Å². The van der Waals surface area contributed by atoms with Gasteiger partial charge in [0.1, 0.15) is 26.0 Å². The molecule has 0 aromatic carbocycles. The van der Waals surface area contributed by atoms with Crippen LogP contribution >= 0.6 is 7.82 Å². The molecule has 46 heavy (non-hydrogen) atoms. The number of carbonyl (C=O) groups is 3. The first-order chi connectivity index (χ1) is 22.0. The number of likely N-dealkylation sites (N-methyl/N-ethyl adjacent to an activating group) is 1. The fourth-order valence-corrected chi connectivity index (χ4v) is 5.51. The van der Waals surface area contributed by atoms with E-state index in [1.165, 1.54) is 70.3 Å². The van der Waals surface area contributed by atoms with Gasteiger partial charge in [-0.25, -0.2) is 4.57 Å². The second-order valence-corrected chi connectivity index (χ2v) is 14.7. The van der Waals surface area contributed by atoms with Crippen LogP contribution in [0.3, 0.4) is 0 Å². The molecule has 0 radical (unpaired) electrons. The standard InChI is InChI=1S/C35H66NO9P/c1-5-6-7-8-9-10-11-12-13-14-17-20-23-26-34(38)42-31-33(32-44-46(40,41)43-30-28-36(2,3)4)45-35(39)27-24-21-18-15-16-19-22-25-29-37/h22,25,29,33H,5-21,23-24,26-28,30-32H2,1-4H3/p+1/b25-22+/t33-/m1/s1. The number of phosphoric ester groups is 1. The molecule has 0 aromatic heterocycles. The molecule has 0 fully saturated rings. The summed E-state index contributed by atoms with van der Waals surface area (Å²) < 4.78 is 33.9. The van der Waals surface area contributed by atoms with Gasteiger partial charge in [0.05, 0.1) is 27.7 Å². The quantitative estimate of drug-likeness (QED) is 0.0183. The van der Waals surface area contributed by atoms with Gasteiger partial charge in [0, 0.05) is 12.8 Å². The minimum Gasteiger partial charge on any atom is -0.462 e. The molecule has 0 aliphatic carbocycles. The Kier molecular flexibility index (Phi) is 28.5. The van der Waals surface area contributed by atoms with Gasteiger partial charge in [0.25, 0.3) is 0 Å². The highest BCUT2D eigenvalue weighted by Gasteiger charge is 2.27. The first-order valence-electron chi connectivity index (χ1n) is 17.9. The van der Waals surface area contributed by atoms with Crippen LogP contribution in [-0.4, -0.2) is 81.2 Å². The highest BCUT2D eigenvalue weighted by molar-refractivity contribution is 7.47. The molecule has 0 rings (SSSR count). The maximum atomic E-state index is 12.5. The van der Waals surface area contributed by atoms with E-state index in [2.05, 4.69) is 6.92 Å². The Morgan fingerprint density at radius 3 is 1.74 bits per heavy atom. The molecule has 0 heterocycles. The number of hydrogen-bond acceptors (Lipinski definition) is 8. The van der Waals surface area contributed by atoms with E-state index < -0.39 is 32.5 Å². The summed E-state index contributed by atoms with van der Waals surface area (Å²) in [7, 11) is 1.42. The van der Waals surface area contributed by atoms with Crippen molar-refractivity contribution in [1.82, 2.24) is 0 Å². The van der Waals surface area contributed by atoms with Crippen molar-refractivity contribution in [2.24, 2.45) is 0 Å². The van der Waals surface area contributed by atoms with Crippen LogP contribution in [0.25, 0.3) is 0 Å². The highest BCUT2D eigenvalue weighted by Crippen LogP contribution is 2.43.